The van der Waals surface area contributed by atoms with Gasteiger partial charge in [-0.15, -0.1) is 0 Å². The molecule has 0 saturated heterocycles. The molecular weight excluding hydrogens is 289 g/mol. The van der Waals surface area contributed by atoms with Crippen LogP contribution in [0.3, 0.4) is 0 Å². The van der Waals surface area contributed by atoms with Crippen molar-refractivity contribution in [2.24, 2.45) is 29.6 Å². The van der Waals surface area contributed by atoms with E-state index in [0.29, 0.717) is 23.7 Å². The maximum atomic E-state index is 14.1. The van der Waals surface area contributed by atoms with E-state index in [4.69, 9.17) is 11.6 Å². The first-order chi connectivity index (χ1) is 10.1. The van der Waals surface area contributed by atoms with E-state index in [-0.39, 0.29) is 22.3 Å². The molecule has 0 aliphatic heterocycles. The first kappa shape index (κ1) is 13.3. The number of nitriles is 1. The molecule has 3 fully saturated rings. The van der Waals surface area contributed by atoms with Gasteiger partial charge in [0.05, 0.1) is 11.1 Å². The highest BCUT2D eigenvalue weighted by molar-refractivity contribution is 6.30. The van der Waals surface area contributed by atoms with Crippen LogP contribution in [-0.4, -0.2) is 5.78 Å². The van der Waals surface area contributed by atoms with Crippen LogP contribution in [0.1, 0.15) is 30.7 Å². The first-order valence-corrected chi connectivity index (χ1v) is 7.88. The van der Waals surface area contributed by atoms with Crippen molar-refractivity contribution < 1.29 is 9.18 Å². The van der Waals surface area contributed by atoms with Crippen LogP contribution in [0.25, 0.3) is 0 Å². The summed E-state index contributed by atoms with van der Waals surface area (Å²) < 4.78 is 14.1. The zero-order valence-electron chi connectivity index (χ0n) is 11.4. The van der Waals surface area contributed by atoms with Crippen molar-refractivity contribution >= 4 is 17.4 Å². The molecule has 1 aromatic carbocycles. The minimum atomic E-state index is -1.02. The highest BCUT2D eigenvalue weighted by Crippen LogP contribution is 2.70. The van der Waals surface area contributed by atoms with Crippen LogP contribution >= 0.6 is 11.6 Å². The van der Waals surface area contributed by atoms with Crippen LogP contribution in [0.4, 0.5) is 4.39 Å². The van der Waals surface area contributed by atoms with Gasteiger partial charge in [0, 0.05) is 11.5 Å². The number of hydrogen-bond donors (Lipinski definition) is 0. The summed E-state index contributed by atoms with van der Waals surface area (Å²) in [5, 5.41) is 9.34. The van der Waals surface area contributed by atoms with Crippen LogP contribution in [0.15, 0.2) is 18.2 Å². The maximum Gasteiger partial charge on any atom is 0.158 e. The van der Waals surface area contributed by atoms with E-state index < -0.39 is 11.7 Å². The molecule has 0 spiro atoms. The van der Waals surface area contributed by atoms with Gasteiger partial charge in [0.25, 0.3) is 0 Å². The van der Waals surface area contributed by atoms with Gasteiger partial charge in [-0.25, -0.2) is 4.39 Å². The Balaban J connectivity index is 1.62. The zero-order chi connectivity index (χ0) is 14.7. The van der Waals surface area contributed by atoms with Gasteiger partial charge in [-0.2, -0.15) is 5.26 Å². The molecule has 2 nitrogen and oxygen atoms in total. The predicted molar refractivity (Wildman–Crippen MR) is 76.1 cm³/mol. The lowest BCUT2D eigenvalue weighted by molar-refractivity contribution is -0.121. The SMILES string of the molecule is N#CC(C(=O)C1C2C3CCC(C3)C12)c1cccc(Cl)c1F. The predicted octanol–water partition coefficient (Wildman–Crippen LogP) is 3.95. The Morgan fingerprint density at radius 3 is 2.62 bits per heavy atom. The maximum absolute atomic E-state index is 14.1. The third kappa shape index (κ3) is 1.78. The molecule has 108 valence electrons. The third-order valence-electron chi connectivity index (χ3n) is 5.77. The zero-order valence-corrected chi connectivity index (χ0v) is 12.2. The fraction of sp³-hybridized carbons (Fsp3) is 0.529. The molecule has 0 heterocycles. The molecule has 21 heavy (non-hydrogen) atoms. The van der Waals surface area contributed by atoms with E-state index in [9.17, 15) is 14.4 Å². The smallest absolute Gasteiger partial charge is 0.158 e. The van der Waals surface area contributed by atoms with Crippen molar-refractivity contribution in [1.82, 2.24) is 0 Å². The Bertz CT molecular complexity index is 651. The quantitative estimate of drug-likeness (QED) is 0.848. The van der Waals surface area contributed by atoms with Gasteiger partial charge in [0.1, 0.15) is 11.7 Å². The van der Waals surface area contributed by atoms with Crippen LogP contribution in [0.2, 0.25) is 5.02 Å². The van der Waals surface area contributed by atoms with Gasteiger partial charge >= 0.3 is 0 Å². The summed E-state index contributed by atoms with van der Waals surface area (Å²) >= 11 is 5.77. The molecule has 5 unspecified atom stereocenters. The minimum Gasteiger partial charge on any atom is -0.298 e. The van der Waals surface area contributed by atoms with Crippen LogP contribution in [-0.2, 0) is 4.79 Å². The van der Waals surface area contributed by atoms with Gasteiger partial charge in [0.2, 0.25) is 0 Å². The summed E-state index contributed by atoms with van der Waals surface area (Å²) in [7, 11) is 0. The normalized spacial score (nSPS) is 36.9. The number of benzene rings is 1. The fourth-order valence-electron chi connectivity index (χ4n) is 4.93. The molecule has 5 atom stereocenters. The van der Waals surface area contributed by atoms with E-state index in [1.807, 2.05) is 6.07 Å². The van der Waals surface area contributed by atoms with Gasteiger partial charge < -0.3 is 0 Å². The lowest BCUT2D eigenvalue weighted by atomic mass is 9.89. The monoisotopic (exact) mass is 303 g/mol. The van der Waals surface area contributed by atoms with E-state index in [1.54, 1.807) is 6.07 Å². The Kier molecular flexibility index (Phi) is 2.87. The number of carbonyl (C=O) groups excluding carboxylic acids is 1. The third-order valence-corrected chi connectivity index (χ3v) is 6.06. The summed E-state index contributed by atoms with van der Waals surface area (Å²) in [4.78, 5) is 12.7. The molecule has 1 aromatic rings. The topological polar surface area (TPSA) is 40.9 Å². The van der Waals surface area contributed by atoms with Crippen LogP contribution in [0.5, 0.6) is 0 Å². The molecular formula is C17H15ClFNO. The van der Waals surface area contributed by atoms with E-state index in [1.165, 1.54) is 31.4 Å². The molecule has 2 bridgehead atoms. The Hall–Kier alpha value is -1.40. The summed E-state index contributed by atoms with van der Waals surface area (Å²) in [6.07, 6.45) is 3.69. The average molecular weight is 304 g/mol. The highest BCUT2D eigenvalue weighted by atomic mass is 35.5. The molecule has 0 radical (unpaired) electrons. The first-order valence-electron chi connectivity index (χ1n) is 7.50. The molecule has 4 heteroatoms. The second kappa shape index (κ2) is 4.55. The minimum absolute atomic E-state index is 0.0146. The number of halogens is 2. The number of hydrogen-bond acceptors (Lipinski definition) is 2. The Morgan fingerprint density at radius 2 is 2.00 bits per heavy atom. The highest BCUT2D eigenvalue weighted by Gasteiger charge is 2.67. The van der Waals surface area contributed by atoms with Crippen molar-refractivity contribution in [3.63, 3.8) is 0 Å². The van der Waals surface area contributed by atoms with Crippen molar-refractivity contribution in [2.45, 2.75) is 25.2 Å². The number of fused-ring (bicyclic) bond motifs is 5. The number of rotatable bonds is 3. The number of carbonyl (C=O) groups is 1. The second-order valence-electron chi connectivity index (χ2n) is 6.62. The molecule has 4 rings (SSSR count). The molecule has 0 N–H and O–H groups in total. The summed E-state index contributed by atoms with van der Waals surface area (Å²) in [5.41, 5.74) is 0.132. The van der Waals surface area contributed by atoms with E-state index in [2.05, 4.69) is 0 Å². The fourth-order valence-corrected chi connectivity index (χ4v) is 5.11. The molecule has 0 aromatic heterocycles. The average Bonchev–Trinajstić information content (AvgIpc) is 2.92. The van der Waals surface area contributed by atoms with Crippen LogP contribution in [0, 0.1) is 46.7 Å². The largest absolute Gasteiger partial charge is 0.298 e. The standard InChI is InChI=1S/C17H15ClFNO/c18-12-3-1-2-10(16(12)19)11(7-20)17(21)15-13-8-4-5-9(6-8)14(13)15/h1-3,8-9,11,13-15H,4-6H2. The molecule has 3 aliphatic carbocycles. The molecule has 0 amide bonds. The van der Waals surface area contributed by atoms with E-state index >= 15 is 0 Å². The second-order valence-corrected chi connectivity index (χ2v) is 7.03. The van der Waals surface area contributed by atoms with Crippen molar-refractivity contribution in [2.75, 3.05) is 0 Å². The van der Waals surface area contributed by atoms with Gasteiger partial charge in [-0.05, 0) is 49.0 Å². The van der Waals surface area contributed by atoms with Gasteiger partial charge in [-0.3, -0.25) is 4.79 Å². The van der Waals surface area contributed by atoms with Crippen molar-refractivity contribution in [3.05, 3.63) is 34.6 Å². The molecule has 3 saturated carbocycles. The lowest BCUT2D eigenvalue weighted by Crippen LogP contribution is -2.18. The summed E-state index contributed by atoms with van der Waals surface area (Å²) in [6.45, 7) is 0. The summed E-state index contributed by atoms with van der Waals surface area (Å²) in [6, 6.07) is 6.53. The van der Waals surface area contributed by atoms with Crippen LogP contribution < -0.4 is 0 Å². The number of ketones is 1. The van der Waals surface area contributed by atoms with Gasteiger partial charge in [-0.1, -0.05) is 23.7 Å². The van der Waals surface area contributed by atoms with Gasteiger partial charge in [0.15, 0.2) is 5.78 Å². The lowest BCUT2D eigenvalue weighted by Gasteiger charge is -2.13. The number of nitrogens with zero attached hydrogens (tertiary/aromatic N) is 1. The van der Waals surface area contributed by atoms with E-state index in [0.717, 1.165) is 0 Å². The summed E-state index contributed by atoms with van der Waals surface area (Å²) in [5.74, 6) is 0.509. The Morgan fingerprint density at radius 1 is 1.33 bits per heavy atom. The van der Waals surface area contributed by atoms with Crippen molar-refractivity contribution in [3.8, 4) is 6.07 Å². The van der Waals surface area contributed by atoms with Crippen molar-refractivity contribution in [1.29, 1.82) is 5.26 Å². The Labute approximate surface area is 127 Å². The molecule has 3 aliphatic rings. The number of Topliss-reactive ketones (excluding diaryl/α,β-unsaturated/α-hetero) is 1.